The Morgan fingerprint density at radius 1 is 1.12 bits per heavy atom. The third kappa shape index (κ3) is 3.04. The third-order valence-corrected chi connectivity index (χ3v) is 4.53. The summed E-state index contributed by atoms with van der Waals surface area (Å²) in [7, 11) is 0. The highest BCUT2D eigenvalue weighted by molar-refractivity contribution is 6.01. The SMILES string of the molecule is CC[C@@H](C)NC(=O)[C@@H](c1ccccc1)N1Cc2ccccc2C1=O. The van der Waals surface area contributed by atoms with Gasteiger partial charge in [0.05, 0.1) is 0 Å². The van der Waals surface area contributed by atoms with Crippen LogP contribution in [0.15, 0.2) is 54.6 Å². The number of rotatable bonds is 5. The van der Waals surface area contributed by atoms with E-state index < -0.39 is 6.04 Å². The summed E-state index contributed by atoms with van der Waals surface area (Å²) in [6.45, 7) is 4.46. The molecule has 0 radical (unpaired) electrons. The smallest absolute Gasteiger partial charge is 0.255 e. The first-order valence-electron chi connectivity index (χ1n) is 8.36. The van der Waals surface area contributed by atoms with Crippen molar-refractivity contribution >= 4 is 11.8 Å². The summed E-state index contributed by atoms with van der Waals surface area (Å²) in [4.78, 5) is 27.4. The topological polar surface area (TPSA) is 49.4 Å². The fourth-order valence-electron chi connectivity index (χ4n) is 3.02. The zero-order valence-corrected chi connectivity index (χ0v) is 14.0. The molecule has 1 aliphatic rings. The number of carbonyl (C=O) groups excluding carboxylic acids is 2. The Bertz CT molecular complexity index is 742. The van der Waals surface area contributed by atoms with Gasteiger partial charge < -0.3 is 10.2 Å². The van der Waals surface area contributed by atoms with Crippen molar-refractivity contribution in [2.45, 2.75) is 38.9 Å². The van der Waals surface area contributed by atoms with Crippen molar-refractivity contribution in [3.05, 3.63) is 71.3 Å². The first-order valence-corrected chi connectivity index (χ1v) is 8.36. The fourth-order valence-corrected chi connectivity index (χ4v) is 3.02. The lowest BCUT2D eigenvalue weighted by Gasteiger charge is -2.28. The Morgan fingerprint density at radius 2 is 1.79 bits per heavy atom. The van der Waals surface area contributed by atoms with Gasteiger partial charge in [0.2, 0.25) is 5.91 Å². The van der Waals surface area contributed by atoms with Gasteiger partial charge in [0.1, 0.15) is 6.04 Å². The number of fused-ring (bicyclic) bond motifs is 1. The van der Waals surface area contributed by atoms with Crippen molar-refractivity contribution < 1.29 is 9.59 Å². The van der Waals surface area contributed by atoms with Crippen molar-refractivity contribution in [2.75, 3.05) is 0 Å². The lowest BCUT2D eigenvalue weighted by atomic mass is 10.0. The minimum absolute atomic E-state index is 0.0730. The highest BCUT2D eigenvalue weighted by atomic mass is 16.2. The van der Waals surface area contributed by atoms with E-state index >= 15 is 0 Å². The lowest BCUT2D eigenvalue weighted by Crippen LogP contribution is -2.43. The quantitative estimate of drug-likeness (QED) is 0.918. The Morgan fingerprint density at radius 3 is 2.46 bits per heavy atom. The third-order valence-electron chi connectivity index (χ3n) is 4.53. The van der Waals surface area contributed by atoms with Crippen LogP contribution >= 0.6 is 0 Å². The standard InChI is InChI=1S/C20H22N2O2/c1-3-14(2)21-19(23)18(15-9-5-4-6-10-15)22-13-16-11-7-8-12-17(16)20(22)24/h4-12,14,18H,3,13H2,1-2H3,(H,21,23)/t14-,18-/m1/s1. The van der Waals surface area contributed by atoms with Gasteiger partial charge in [-0.15, -0.1) is 0 Å². The summed E-state index contributed by atoms with van der Waals surface area (Å²) in [5, 5.41) is 3.02. The van der Waals surface area contributed by atoms with E-state index in [9.17, 15) is 9.59 Å². The molecular formula is C20H22N2O2. The average molecular weight is 322 g/mol. The molecule has 0 spiro atoms. The van der Waals surface area contributed by atoms with Crippen molar-refractivity contribution in [1.29, 1.82) is 0 Å². The number of amides is 2. The van der Waals surface area contributed by atoms with E-state index in [4.69, 9.17) is 0 Å². The van der Waals surface area contributed by atoms with Crippen LogP contribution in [0.4, 0.5) is 0 Å². The van der Waals surface area contributed by atoms with Gasteiger partial charge in [-0.2, -0.15) is 0 Å². The molecule has 0 saturated heterocycles. The van der Waals surface area contributed by atoms with Crippen molar-refractivity contribution in [2.24, 2.45) is 0 Å². The molecule has 0 fully saturated rings. The largest absolute Gasteiger partial charge is 0.352 e. The molecule has 0 saturated carbocycles. The molecule has 2 amide bonds. The minimum Gasteiger partial charge on any atom is -0.352 e. The van der Waals surface area contributed by atoms with Crippen LogP contribution in [-0.2, 0) is 11.3 Å². The molecule has 0 aliphatic carbocycles. The highest BCUT2D eigenvalue weighted by Crippen LogP contribution is 2.31. The maximum Gasteiger partial charge on any atom is 0.255 e. The van der Waals surface area contributed by atoms with E-state index in [0.29, 0.717) is 12.1 Å². The lowest BCUT2D eigenvalue weighted by molar-refractivity contribution is -0.126. The Labute approximate surface area is 142 Å². The van der Waals surface area contributed by atoms with Gasteiger partial charge in [-0.3, -0.25) is 9.59 Å². The molecule has 1 aliphatic heterocycles. The van der Waals surface area contributed by atoms with Crippen LogP contribution in [0, 0.1) is 0 Å². The van der Waals surface area contributed by atoms with Gasteiger partial charge in [0.15, 0.2) is 0 Å². The Kier molecular flexibility index (Phi) is 4.65. The normalized spacial score (nSPS) is 15.8. The second kappa shape index (κ2) is 6.87. The first-order chi connectivity index (χ1) is 11.6. The summed E-state index contributed by atoms with van der Waals surface area (Å²) >= 11 is 0. The molecule has 24 heavy (non-hydrogen) atoms. The zero-order chi connectivity index (χ0) is 17.1. The number of nitrogens with zero attached hydrogens (tertiary/aromatic N) is 1. The van der Waals surface area contributed by atoms with E-state index in [1.165, 1.54) is 0 Å². The predicted molar refractivity (Wildman–Crippen MR) is 93.4 cm³/mol. The molecule has 1 heterocycles. The number of nitrogens with one attached hydrogen (secondary N) is 1. The molecule has 124 valence electrons. The maximum absolute atomic E-state index is 12.9. The molecule has 3 rings (SSSR count). The average Bonchev–Trinajstić information content (AvgIpc) is 2.93. The van der Waals surface area contributed by atoms with E-state index in [1.807, 2.05) is 68.4 Å². The molecule has 0 aromatic heterocycles. The molecule has 4 nitrogen and oxygen atoms in total. The number of benzene rings is 2. The molecule has 0 bridgehead atoms. The fraction of sp³-hybridized carbons (Fsp3) is 0.300. The van der Waals surface area contributed by atoms with Crippen LogP contribution < -0.4 is 5.32 Å². The monoisotopic (exact) mass is 322 g/mol. The molecule has 2 atom stereocenters. The van der Waals surface area contributed by atoms with Gasteiger partial charge >= 0.3 is 0 Å². The highest BCUT2D eigenvalue weighted by Gasteiger charge is 2.37. The summed E-state index contributed by atoms with van der Waals surface area (Å²) in [5.74, 6) is -0.213. The molecule has 0 unspecified atom stereocenters. The van der Waals surface area contributed by atoms with Crippen LogP contribution in [0.2, 0.25) is 0 Å². The summed E-state index contributed by atoms with van der Waals surface area (Å²) < 4.78 is 0. The molecule has 2 aromatic rings. The molecule has 1 N–H and O–H groups in total. The van der Waals surface area contributed by atoms with E-state index in [-0.39, 0.29) is 17.9 Å². The predicted octanol–water partition coefficient (Wildman–Crippen LogP) is 3.30. The van der Waals surface area contributed by atoms with E-state index in [1.54, 1.807) is 4.90 Å². The van der Waals surface area contributed by atoms with E-state index in [2.05, 4.69) is 5.32 Å². The summed E-state index contributed by atoms with van der Waals surface area (Å²) in [6, 6.07) is 16.5. The minimum atomic E-state index is -0.611. The van der Waals surface area contributed by atoms with Crippen molar-refractivity contribution in [1.82, 2.24) is 10.2 Å². The molecular weight excluding hydrogens is 300 g/mol. The number of carbonyl (C=O) groups is 2. The number of hydrogen-bond acceptors (Lipinski definition) is 2. The van der Waals surface area contributed by atoms with Gasteiger partial charge in [-0.25, -0.2) is 0 Å². The van der Waals surface area contributed by atoms with Gasteiger partial charge in [0.25, 0.3) is 5.91 Å². The zero-order valence-electron chi connectivity index (χ0n) is 14.0. The second-order valence-corrected chi connectivity index (χ2v) is 6.22. The van der Waals surface area contributed by atoms with Gasteiger partial charge in [0, 0.05) is 18.2 Å². The summed E-state index contributed by atoms with van der Waals surface area (Å²) in [6.07, 6.45) is 0.849. The van der Waals surface area contributed by atoms with Gasteiger partial charge in [-0.1, -0.05) is 55.5 Å². The van der Waals surface area contributed by atoms with Crippen LogP contribution in [0.3, 0.4) is 0 Å². The first kappa shape index (κ1) is 16.2. The van der Waals surface area contributed by atoms with Crippen LogP contribution in [-0.4, -0.2) is 22.8 Å². The van der Waals surface area contributed by atoms with Crippen LogP contribution in [0.5, 0.6) is 0 Å². The maximum atomic E-state index is 12.9. The van der Waals surface area contributed by atoms with Crippen LogP contribution in [0.1, 0.15) is 47.8 Å². The van der Waals surface area contributed by atoms with Crippen molar-refractivity contribution in [3.63, 3.8) is 0 Å². The Balaban J connectivity index is 1.94. The summed E-state index contributed by atoms with van der Waals surface area (Å²) in [5.41, 5.74) is 2.49. The van der Waals surface area contributed by atoms with Gasteiger partial charge in [-0.05, 0) is 30.5 Å². The second-order valence-electron chi connectivity index (χ2n) is 6.22. The van der Waals surface area contributed by atoms with Crippen LogP contribution in [0.25, 0.3) is 0 Å². The molecule has 4 heteroatoms. The molecule has 2 aromatic carbocycles. The van der Waals surface area contributed by atoms with Crippen molar-refractivity contribution in [3.8, 4) is 0 Å². The van der Waals surface area contributed by atoms with E-state index in [0.717, 1.165) is 17.5 Å². The number of hydrogen-bond donors (Lipinski definition) is 1. The Hall–Kier alpha value is -2.62.